The number of rotatable bonds is 7. The van der Waals surface area contributed by atoms with Crippen LogP contribution in [0.2, 0.25) is 0 Å². The van der Waals surface area contributed by atoms with Gasteiger partial charge >= 0.3 is 0 Å². The number of ether oxygens (including phenoxy) is 1. The Morgan fingerprint density at radius 2 is 1.41 bits per heavy atom. The summed E-state index contributed by atoms with van der Waals surface area (Å²) in [6.07, 6.45) is 16.7. The van der Waals surface area contributed by atoms with Crippen molar-refractivity contribution in [2.45, 2.75) is 39.8 Å². The second kappa shape index (κ2) is 14.8. The first-order valence-corrected chi connectivity index (χ1v) is 14.0. The number of aliphatic imine (C=N–C) groups is 1. The van der Waals surface area contributed by atoms with Gasteiger partial charge in [0.25, 0.3) is 0 Å². The van der Waals surface area contributed by atoms with Gasteiger partial charge in [0.05, 0.1) is 12.6 Å². The molecule has 3 aliphatic rings. The van der Waals surface area contributed by atoms with Crippen molar-refractivity contribution < 1.29 is 21.8 Å². The van der Waals surface area contributed by atoms with Crippen LogP contribution in [0.15, 0.2) is 65.7 Å². The van der Waals surface area contributed by atoms with Gasteiger partial charge < -0.3 is 10.1 Å². The largest absolute Gasteiger partial charge is 0.478 e. The molecule has 2 aliphatic carbocycles. The molecule has 0 spiro atoms. The Bertz CT molecular complexity index is 895. The molecule has 2 aromatic rings. The molecule has 0 unspecified atom stereocenters. The van der Waals surface area contributed by atoms with Gasteiger partial charge in [-0.25, -0.2) is 4.99 Å². The van der Waals surface area contributed by atoms with Crippen molar-refractivity contribution in [1.29, 1.82) is 0 Å². The van der Waals surface area contributed by atoms with E-state index in [0.29, 0.717) is 13.2 Å². The Morgan fingerprint density at radius 1 is 0.865 bits per heavy atom. The molecule has 10 radical (unpaired) electrons. The van der Waals surface area contributed by atoms with Crippen LogP contribution in [0.25, 0.3) is 0 Å². The van der Waals surface area contributed by atoms with Crippen LogP contribution in [-0.4, -0.2) is 31.1 Å². The van der Waals surface area contributed by atoms with Crippen molar-refractivity contribution in [2.75, 3.05) is 13.2 Å². The van der Waals surface area contributed by atoms with Gasteiger partial charge in [-0.3, -0.25) is 0 Å². The average molecular weight is 552 g/mol. The monoisotopic (exact) mass is 552 g/mol. The van der Waals surface area contributed by atoms with Gasteiger partial charge in [0, 0.05) is 34.7 Å². The van der Waals surface area contributed by atoms with Crippen LogP contribution < -0.4 is 15.9 Å². The number of hydrogen-bond donors (Lipinski definition) is 1. The van der Waals surface area contributed by atoms with E-state index >= 15 is 0 Å². The van der Waals surface area contributed by atoms with Gasteiger partial charge in [-0.05, 0) is 82.2 Å². The van der Waals surface area contributed by atoms with Crippen LogP contribution in [0.1, 0.15) is 27.7 Å². The zero-order valence-electron chi connectivity index (χ0n) is 22.1. The summed E-state index contributed by atoms with van der Waals surface area (Å²) in [5.74, 6) is 2.18. The van der Waals surface area contributed by atoms with E-state index in [1.807, 2.05) is 32.1 Å². The van der Waals surface area contributed by atoms with Crippen LogP contribution in [0.5, 0.6) is 0 Å². The van der Waals surface area contributed by atoms with Gasteiger partial charge in [-0.15, -0.1) is 0 Å². The Balaban J connectivity index is 0.000000568. The third-order valence-corrected chi connectivity index (χ3v) is 8.90. The SMILES string of the molecule is C[C@H](NCC1=N[C@@H](C(C)(C)C)CO1)[C]1[CH][CH][CH][C]1P(c1ccccc1)c1ccccc1.[CH]1[CH][CH][CH][CH]1.[Fe]. The van der Waals surface area contributed by atoms with E-state index in [9.17, 15) is 0 Å². The summed E-state index contributed by atoms with van der Waals surface area (Å²) < 4.78 is 5.87. The summed E-state index contributed by atoms with van der Waals surface area (Å²) in [6.45, 7) is 10.2. The van der Waals surface area contributed by atoms with Gasteiger partial charge in [-0.1, -0.05) is 81.4 Å². The maximum Gasteiger partial charge on any atom is 0.198 e. The molecule has 2 saturated carbocycles. The third kappa shape index (κ3) is 8.66. The Hall–Kier alpha value is -1.18. The minimum atomic E-state index is -0.607. The predicted molar refractivity (Wildman–Crippen MR) is 154 cm³/mol. The summed E-state index contributed by atoms with van der Waals surface area (Å²) in [7, 11) is -0.607. The van der Waals surface area contributed by atoms with E-state index in [0.717, 1.165) is 5.90 Å². The van der Waals surface area contributed by atoms with Crippen LogP contribution in [-0.2, 0) is 21.8 Å². The van der Waals surface area contributed by atoms with Gasteiger partial charge in [0.1, 0.15) is 6.61 Å². The van der Waals surface area contributed by atoms with E-state index in [1.165, 1.54) is 22.2 Å². The van der Waals surface area contributed by atoms with Crippen molar-refractivity contribution in [3.8, 4) is 0 Å². The van der Waals surface area contributed by atoms with Crippen LogP contribution >= 0.6 is 7.92 Å². The van der Waals surface area contributed by atoms with Crippen molar-refractivity contribution in [3.05, 3.63) is 124 Å². The quantitative estimate of drug-likeness (QED) is 0.354. The molecule has 0 amide bonds. The zero-order chi connectivity index (χ0) is 25.4. The van der Waals surface area contributed by atoms with Crippen molar-refractivity contribution >= 4 is 24.4 Å². The molecule has 1 heterocycles. The van der Waals surface area contributed by atoms with Gasteiger partial charge in [-0.2, -0.15) is 0 Å². The molecule has 2 atom stereocenters. The molecule has 1 N–H and O–H groups in total. The van der Waals surface area contributed by atoms with Gasteiger partial charge in [0.2, 0.25) is 0 Å². The Kier molecular flexibility index (Phi) is 12.2. The molecule has 5 rings (SSSR count). The molecule has 0 saturated heterocycles. The summed E-state index contributed by atoms with van der Waals surface area (Å²) >= 11 is 0. The summed E-state index contributed by atoms with van der Waals surface area (Å²) in [5.41, 5.74) is 1.54. The first-order valence-electron chi connectivity index (χ1n) is 12.7. The van der Waals surface area contributed by atoms with Crippen molar-refractivity contribution in [1.82, 2.24) is 5.32 Å². The van der Waals surface area contributed by atoms with E-state index in [4.69, 9.17) is 9.73 Å². The van der Waals surface area contributed by atoms with E-state index in [2.05, 4.69) is 113 Å². The standard InChI is InChI=1S/C27H32N2OP.C5H5.Fe/c1-20(28-18-26-29-25(19-30-26)27(2,3)4)23-16-11-17-24(23)31(21-12-7-5-8-13-21)22-14-9-6-10-15-22;1-2-4-5-3-1;/h5-17,20,25,28H,18-19H2,1-4H3;1-5H;/t20-,25+;;/m0../s1. The molecule has 0 bridgehead atoms. The molecule has 1 aliphatic heterocycles. The predicted octanol–water partition coefficient (Wildman–Crippen LogP) is 5.69. The number of nitrogens with one attached hydrogen (secondary N) is 1. The summed E-state index contributed by atoms with van der Waals surface area (Å²) in [4.78, 5) is 4.80. The fourth-order valence-corrected chi connectivity index (χ4v) is 6.77. The summed E-state index contributed by atoms with van der Waals surface area (Å²) in [5, 5.41) is 6.40. The maximum absolute atomic E-state index is 5.87. The molecule has 194 valence electrons. The number of nitrogens with zero attached hydrogens (tertiary/aromatic N) is 1. The molecule has 2 fully saturated rings. The smallest absolute Gasteiger partial charge is 0.198 e. The minimum Gasteiger partial charge on any atom is -0.478 e. The van der Waals surface area contributed by atoms with E-state index in [-0.39, 0.29) is 34.6 Å². The molecular formula is C32H37FeN2OP. The Morgan fingerprint density at radius 3 is 1.89 bits per heavy atom. The van der Waals surface area contributed by atoms with Crippen LogP contribution in [0.3, 0.4) is 0 Å². The molecular weight excluding hydrogens is 515 g/mol. The van der Waals surface area contributed by atoms with Gasteiger partial charge in [0.15, 0.2) is 5.90 Å². The number of hydrogen-bond acceptors (Lipinski definition) is 3. The second-order valence-corrected chi connectivity index (χ2v) is 12.3. The fraction of sp³-hybridized carbons (Fsp3) is 0.281. The zero-order valence-corrected chi connectivity index (χ0v) is 24.1. The second-order valence-electron chi connectivity index (χ2n) is 10.2. The average Bonchev–Trinajstić information content (AvgIpc) is 3.68. The first-order chi connectivity index (χ1) is 17.4. The van der Waals surface area contributed by atoms with E-state index in [1.54, 1.807) is 0 Å². The molecule has 5 heteroatoms. The van der Waals surface area contributed by atoms with Crippen molar-refractivity contribution in [2.24, 2.45) is 10.4 Å². The normalized spacial score (nSPS) is 21.1. The van der Waals surface area contributed by atoms with Crippen LogP contribution in [0, 0.1) is 68.4 Å². The molecule has 0 aromatic heterocycles. The molecule has 2 aromatic carbocycles. The minimum absolute atomic E-state index is 0. The fourth-order valence-electron chi connectivity index (χ4n) is 4.21. The topological polar surface area (TPSA) is 33.6 Å². The Labute approximate surface area is 237 Å². The third-order valence-electron chi connectivity index (χ3n) is 6.38. The first kappa shape index (κ1) is 30.4. The summed E-state index contributed by atoms with van der Waals surface area (Å²) in [6, 6.07) is 22.2. The van der Waals surface area contributed by atoms with Crippen molar-refractivity contribution in [3.63, 3.8) is 0 Å². The molecule has 37 heavy (non-hydrogen) atoms. The number of benzene rings is 2. The van der Waals surface area contributed by atoms with Crippen LogP contribution in [0.4, 0.5) is 0 Å². The maximum atomic E-state index is 5.87. The molecule has 3 nitrogen and oxygen atoms in total. The van der Waals surface area contributed by atoms with E-state index < -0.39 is 7.92 Å².